The normalized spacial score (nSPS) is 10.5. The molecule has 2 aromatic carbocycles. The summed E-state index contributed by atoms with van der Waals surface area (Å²) in [4.78, 5) is 15.8. The Balaban J connectivity index is 2.29. The lowest BCUT2D eigenvalue weighted by molar-refractivity contribution is -0.114. The van der Waals surface area contributed by atoms with Crippen molar-refractivity contribution in [2.75, 3.05) is 11.1 Å². The number of nitrogens with two attached hydrogens (primary N) is 1. The van der Waals surface area contributed by atoms with Crippen LogP contribution in [0.5, 0.6) is 0 Å². The Labute approximate surface area is 122 Å². The predicted molar refractivity (Wildman–Crippen MR) is 85.9 cm³/mol. The van der Waals surface area contributed by atoms with E-state index in [4.69, 9.17) is 5.73 Å². The Hall–Kier alpha value is -2.88. The van der Waals surface area contributed by atoms with Gasteiger partial charge in [0.1, 0.15) is 5.82 Å². The van der Waals surface area contributed by atoms with Gasteiger partial charge in [0, 0.05) is 29.8 Å². The van der Waals surface area contributed by atoms with Crippen LogP contribution in [0.25, 0.3) is 21.9 Å². The Morgan fingerprint density at radius 2 is 1.81 bits per heavy atom. The van der Waals surface area contributed by atoms with E-state index in [1.807, 2.05) is 48.5 Å². The molecular weight excluding hydrogens is 262 g/mol. The van der Waals surface area contributed by atoms with Crippen LogP contribution in [0.4, 0.5) is 11.5 Å². The molecule has 4 nitrogen and oxygen atoms in total. The van der Waals surface area contributed by atoms with Gasteiger partial charge in [-0.1, -0.05) is 36.4 Å². The van der Waals surface area contributed by atoms with Crippen molar-refractivity contribution >= 4 is 28.2 Å². The number of nitrogens with zero attached hydrogens (tertiary/aromatic N) is 1. The monoisotopic (exact) mass is 277 g/mol. The minimum atomic E-state index is -0.144. The van der Waals surface area contributed by atoms with E-state index in [1.165, 1.54) is 6.92 Å². The van der Waals surface area contributed by atoms with Crippen molar-refractivity contribution in [2.24, 2.45) is 0 Å². The molecule has 0 unspecified atom stereocenters. The van der Waals surface area contributed by atoms with Gasteiger partial charge < -0.3 is 11.1 Å². The summed E-state index contributed by atoms with van der Waals surface area (Å²) in [6.07, 6.45) is 1.77. The van der Waals surface area contributed by atoms with E-state index in [9.17, 15) is 4.79 Å². The number of carbonyl (C=O) groups excluding carboxylic acids is 1. The first-order valence-electron chi connectivity index (χ1n) is 6.66. The summed E-state index contributed by atoms with van der Waals surface area (Å²) < 4.78 is 0. The fourth-order valence-electron chi connectivity index (χ4n) is 2.37. The van der Waals surface area contributed by atoms with Crippen LogP contribution in [-0.2, 0) is 4.79 Å². The average molecular weight is 277 g/mol. The summed E-state index contributed by atoms with van der Waals surface area (Å²) in [6, 6.07) is 15.5. The van der Waals surface area contributed by atoms with Crippen LogP contribution < -0.4 is 11.1 Å². The maximum Gasteiger partial charge on any atom is 0.222 e. The lowest BCUT2D eigenvalue weighted by Crippen LogP contribution is -2.09. The highest BCUT2D eigenvalue weighted by Gasteiger charge is 2.12. The first-order valence-corrected chi connectivity index (χ1v) is 6.66. The quantitative estimate of drug-likeness (QED) is 0.705. The molecule has 3 aromatic rings. The number of aromatic nitrogens is 1. The van der Waals surface area contributed by atoms with Crippen molar-refractivity contribution in [1.82, 2.24) is 4.98 Å². The summed E-state index contributed by atoms with van der Waals surface area (Å²) in [5.41, 5.74) is 8.33. The SMILES string of the molecule is CC(=O)Nc1ncc2ccccc2c1-c1ccc(N)cc1. The highest BCUT2D eigenvalue weighted by atomic mass is 16.1. The van der Waals surface area contributed by atoms with Gasteiger partial charge >= 0.3 is 0 Å². The van der Waals surface area contributed by atoms with Crippen LogP contribution >= 0.6 is 0 Å². The van der Waals surface area contributed by atoms with Gasteiger partial charge in [-0.15, -0.1) is 0 Å². The molecule has 1 aromatic heterocycles. The molecule has 0 radical (unpaired) electrons. The third-order valence-electron chi connectivity index (χ3n) is 3.29. The first kappa shape index (κ1) is 13.1. The van der Waals surface area contributed by atoms with E-state index in [1.54, 1.807) is 6.20 Å². The number of hydrogen-bond acceptors (Lipinski definition) is 3. The number of nitrogen functional groups attached to an aromatic ring is 1. The van der Waals surface area contributed by atoms with Crippen molar-refractivity contribution in [3.63, 3.8) is 0 Å². The number of nitrogens with one attached hydrogen (secondary N) is 1. The first-order chi connectivity index (χ1) is 10.1. The zero-order chi connectivity index (χ0) is 14.8. The maximum absolute atomic E-state index is 11.4. The van der Waals surface area contributed by atoms with E-state index in [2.05, 4.69) is 10.3 Å². The van der Waals surface area contributed by atoms with E-state index < -0.39 is 0 Å². The summed E-state index contributed by atoms with van der Waals surface area (Å²) in [5.74, 6) is 0.417. The molecular formula is C17H15N3O. The van der Waals surface area contributed by atoms with Crippen molar-refractivity contribution in [3.8, 4) is 11.1 Å². The summed E-state index contributed by atoms with van der Waals surface area (Å²) in [7, 11) is 0. The fourth-order valence-corrected chi connectivity index (χ4v) is 2.37. The minimum absolute atomic E-state index is 0.144. The number of rotatable bonds is 2. The Morgan fingerprint density at radius 3 is 2.52 bits per heavy atom. The molecule has 0 atom stereocenters. The number of benzene rings is 2. The highest BCUT2D eigenvalue weighted by Crippen LogP contribution is 2.34. The van der Waals surface area contributed by atoms with Crippen LogP contribution in [-0.4, -0.2) is 10.9 Å². The third kappa shape index (κ3) is 2.56. The van der Waals surface area contributed by atoms with E-state index in [0.29, 0.717) is 11.5 Å². The second-order valence-electron chi connectivity index (χ2n) is 4.87. The van der Waals surface area contributed by atoms with Crippen LogP contribution in [0.2, 0.25) is 0 Å². The van der Waals surface area contributed by atoms with E-state index in [0.717, 1.165) is 21.9 Å². The lowest BCUT2D eigenvalue weighted by Gasteiger charge is -2.13. The predicted octanol–water partition coefficient (Wildman–Crippen LogP) is 3.44. The number of anilines is 2. The molecule has 1 heterocycles. The van der Waals surface area contributed by atoms with Gasteiger partial charge in [0.05, 0.1) is 0 Å². The molecule has 0 fully saturated rings. The average Bonchev–Trinajstić information content (AvgIpc) is 2.48. The zero-order valence-corrected chi connectivity index (χ0v) is 11.6. The highest BCUT2D eigenvalue weighted by molar-refractivity contribution is 6.04. The maximum atomic E-state index is 11.4. The summed E-state index contributed by atoms with van der Waals surface area (Å²) in [5, 5.41) is 4.87. The largest absolute Gasteiger partial charge is 0.399 e. The third-order valence-corrected chi connectivity index (χ3v) is 3.29. The molecule has 3 rings (SSSR count). The van der Waals surface area contributed by atoms with Gasteiger partial charge in [0.2, 0.25) is 5.91 Å². The lowest BCUT2D eigenvalue weighted by atomic mass is 9.99. The molecule has 0 saturated carbocycles. The number of hydrogen-bond donors (Lipinski definition) is 2. The number of amides is 1. The topological polar surface area (TPSA) is 68.0 Å². The number of fused-ring (bicyclic) bond motifs is 1. The molecule has 21 heavy (non-hydrogen) atoms. The van der Waals surface area contributed by atoms with Gasteiger partial charge in [-0.05, 0) is 23.1 Å². The summed E-state index contributed by atoms with van der Waals surface area (Å²) in [6.45, 7) is 1.48. The van der Waals surface area contributed by atoms with Gasteiger partial charge in [-0.2, -0.15) is 0 Å². The molecule has 104 valence electrons. The van der Waals surface area contributed by atoms with E-state index >= 15 is 0 Å². The minimum Gasteiger partial charge on any atom is -0.399 e. The van der Waals surface area contributed by atoms with Crippen molar-refractivity contribution in [1.29, 1.82) is 0 Å². The van der Waals surface area contributed by atoms with Gasteiger partial charge in [0.25, 0.3) is 0 Å². The smallest absolute Gasteiger partial charge is 0.222 e. The van der Waals surface area contributed by atoms with E-state index in [-0.39, 0.29) is 5.91 Å². The molecule has 3 N–H and O–H groups in total. The zero-order valence-electron chi connectivity index (χ0n) is 11.6. The molecule has 0 aliphatic heterocycles. The molecule has 0 bridgehead atoms. The van der Waals surface area contributed by atoms with Crippen LogP contribution in [0.15, 0.2) is 54.7 Å². The van der Waals surface area contributed by atoms with Crippen LogP contribution in [0, 0.1) is 0 Å². The van der Waals surface area contributed by atoms with Gasteiger partial charge in [-0.3, -0.25) is 4.79 Å². The van der Waals surface area contributed by atoms with Gasteiger partial charge in [0.15, 0.2) is 0 Å². The van der Waals surface area contributed by atoms with Crippen molar-refractivity contribution in [3.05, 3.63) is 54.7 Å². The summed E-state index contributed by atoms with van der Waals surface area (Å²) >= 11 is 0. The second-order valence-corrected chi connectivity index (χ2v) is 4.87. The van der Waals surface area contributed by atoms with Crippen molar-refractivity contribution < 1.29 is 4.79 Å². The number of pyridine rings is 1. The fraction of sp³-hybridized carbons (Fsp3) is 0.0588. The second kappa shape index (κ2) is 5.25. The van der Waals surface area contributed by atoms with Crippen molar-refractivity contribution in [2.45, 2.75) is 6.92 Å². The Morgan fingerprint density at radius 1 is 1.10 bits per heavy atom. The molecule has 0 aliphatic rings. The van der Waals surface area contributed by atoms with Crippen LogP contribution in [0.3, 0.4) is 0 Å². The Kier molecular flexibility index (Phi) is 3.28. The van der Waals surface area contributed by atoms with Crippen LogP contribution in [0.1, 0.15) is 6.92 Å². The molecule has 0 spiro atoms. The molecule has 4 heteroatoms. The molecule has 1 amide bonds. The Bertz CT molecular complexity index is 810. The molecule has 0 aliphatic carbocycles. The van der Waals surface area contributed by atoms with Gasteiger partial charge in [-0.25, -0.2) is 4.98 Å². The standard InChI is InChI=1S/C17H15N3O/c1-11(21)20-17-16(12-6-8-14(18)9-7-12)15-5-3-2-4-13(15)10-19-17/h2-10H,18H2,1H3,(H,19,20,21). The number of carbonyl (C=O) groups is 1. The molecule has 0 saturated heterocycles.